The molecule has 0 spiro atoms. The molecule has 0 aliphatic carbocycles. The number of halogens is 4. The molecule has 3 heterocycles. The van der Waals surface area contributed by atoms with Gasteiger partial charge in [0, 0.05) is 34.8 Å². The van der Waals surface area contributed by atoms with Crippen molar-refractivity contribution in [2.75, 3.05) is 6.54 Å². The minimum Gasteiger partial charge on any atom is -0.366 e. The Balaban J connectivity index is 1.89. The van der Waals surface area contributed by atoms with E-state index in [2.05, 4.69) is 23.0 Å². The zero-order valence-corrected chi connectivity index (χ0v) is 17.5. The second kappa shape index (κ2) is 7.93. The average Bonchev–Trinajstić information content (AvgIpc) is 3.12. The molecule has 0 fully saturated rings. The number of allylic oxidation sites excluding steroid dienone is 1. The number of hydrogen-bond acceptors (Lipinski definition) is 3. The van der Waals surface area contributed by atoms with Crippen LogP contribution >= 0.6 is 22.9 Å². The molecule has 0 N–H and O–H groups in total. The molecule has 0 saturated carbocycles. The minimum atomic E-state index is -4.55. The van der Waals surface area contributed by atoms with Crippen molar-refractivity contribution < 1.29 is 13.2 Å². The fourth-order valence-electron chi connectivity index (χ4n) is 3.89. The Morgan fingerprint density at radius 2 is 1.90 bits per heavy atom. The van der Waals surface area contributed by atoms with Gasteiger partial charge in [-0.2, -0.15) is 13.2 Å². The van der Waals surface area contributed by atoms with Crippen LogP contribution in [-0.4, -0.2) is 16.4 Å². The molecule has 3 aromatic rings. The Morgan fingerprint density at radius 1 is 1.17 bits per heavy atom. The zero-order valence-electron chi connectivity index (χ0n) is 15.9. The lowest BCUT2D eigenvalue weighted by atomic mass is 9.83. The van der Waals surface area contributed by atoms with E-state index in [4.69, 9.17) is 11.6 Å². The number of thiophene rings is 1. The summed E-state index contributed by atoms with van der Waals surface area (Å²) in [6.07, 6.45) is -1.69. The zero-order chi connectivity index (χ0) is 21.5. The van der Waals surface area contributed by atoms with Gasteiger partial charge in [-0.15, -0.1) is 11.3 Å². The third kappa shape index (κ3) is 3.77. The van der Waals surface area contributed by atoms with Gasteiger partial charge in [-0.25, -0.2) is 0 Å². The van der Waals surface area contributed by atoms with Crippen molar-refractivity contribution in [3.05, 3.63) is 99.6 Å². The monoisotopic (exact) mass is 446 g/mol. The Kier molecular flexibility index (Phi) is 5.47. The summed E-state index contributed by atoms with van der Waals surface area (Å²) >= 11 is 7.79. The van der Waals surface area contributed by atoms with Crippen molar-refractivity contribution in [3.63, 3.8) is 0 Å². The Bertz CT molecular complexity index is 1120. The van der Waals surface area contributed by atoms with Crippen LogP contribution in [0.15, 0.2) is 73.6 Å². The van der Waals surface area contributed by atoms with Gasteiger partial charge in [-0.05, 0) is 34.9 Å². The van der Waals surface area contributed by atoms with Crippen LogP contribution in [0.5, 0.6) is 0 Å². The SMILES string of the molecule is C=CC(=C)N1Cc2sc(Cl)cc2C(c2ccccc2-c2cccnc2C(F)(F)F)C1. The summed E-state index contributed by atoms with van der Waals surface area (Å²) < 4.78 is 41.6. The molecule has 4 rings (SSSR count). The van der Waals surface area contributed by atoms with Crippen molar-refractivity contribution in [2.24, 2.45) is 0 Å². The maximum Gasteiger partial charge on any atom is 0.433 e. The standard InChI is InChI=1S/C23H18ClF3N2S/c1-3-14(2)29-12-19(18-11-21(24)30-20(18)13-29)16-8-5-4-7-15(16)17-9-6-10-28-22(17)23(25,26)27/h3-11,19H,1-2,12-13H2. The van der Waals surface area contributed by atoms with E-state index in [0.29, 0.717) is 23.0 Å². The van der Waals surface area contributed by atoms with Gasteiger partial charge in [0.25, 0.3) is 0 Å². The Hall–Kier alpha value is -2.57. The molecule has 30 heavy (non-hydrogen) atoms. The number of aromatic nitrogens is 1. The molecule has 0 saturated heterocycles. The summed E-state index contributed by atoms with van der Waals surface area (Å²) in [6.45, 7) is 9.08. The van der Waals surface area contributed by atoms with E-state index in [1.54, 1.807) is 18.2 Å². The quantitative estimate of drug-likeness (QED) is 0.396. The summed E-state index contributed by atoms with van der Waals surface area (Å²) in [4.78, 5) is 6.80. The third-order valence-electron chi connectivity index (χ3n) is 5.27. The number of hydrogen-bond donors (Lipinski definition) is 0. The molecule has 1 aliphatic rings. The maximum absolute atomic E-state index is 13.7. The molecule has 1 unspecified atom stereocenters. The normalized spacial score (nSPS) is 16.3. The first-order valence-electron chi connectivity index (χ1n) is 9.25. The van der Waals surface area contributed by atoms with Crippen LogP contribution in [0.1, 0.15) is 27.6 Å². The van der Waals surface area contributed by atoms with Crippen LogP contribution in [-0.2, 0) is 12.7 Å². The Labute approximate surface area is 181 Å². The number of fused-ring (bicyclic) bond motifs is 1. The number of rotatable bonds is 4. The fraction of sp³-hybridized carbons (Fsp3) is 0.174. The summed E-state index contributed by atoms with van der Waals surface area (Å²) in [5.74, 6) is -0.160. The van der Waals surface area contributed by atoms with Crippen LogP contribution in [0.4, 0.5) is 13.2 Å². The van der Waals surface area contributed by atoms with E-state index >= 15 is 0 Å². The van der Waals surface area contributed by atoms with Gasteiger partial charge >= 0.3 is 6.18 Å². The summed E-state index contributed by atoms with van der Waals surface area (Å²) in [7, 11) is 0. The summed E-state index contributed by atoms with van der Waals surface area (Å²) in [5.41, 5.74) is 2.32. The maximum atomic E-state index is 13.7. The molecule has 7 heteroatoms. The van der Waals surface area contributed by atoms with Crippen LogP contribution < -0.4 is 0 Å². The van der Waals surface area contributed by atoms with Crippen molar-refractivity contribution in [1.82, 2.24) is 9.88 Å². The highest BCUT2D eigenvalue weighted by atomic mass is 35.5. The van der Waals surface area contributed by atoms with Crippen molar-refractivity contribution >= 4 is 22.9 Å². The van der Waals surface area contributed by atoms with Gasteiger partial charge < -0.3 is 4.90 Å². The van der Waals surface area contributed by atoms with Crippen LogP contribution in [0.2, 0.25) is 4.34 Å². The molecular formula is C23H18ClF3N2S. The highest BCUT2D eigenvalue weighted by Gasteiger charge is 2.37. The fourth-order valence-corrected chi connectivity index (χ4v) is 5.25. The van der Waals surface area contributed by atoms with E-state index in [9.17, 15) is 13.2 Å². The highest BCUT2D eigenvalue weighted by molar-refractivity contribution is 7.16. The highest BCUT2D eigenvalue weighted by Crippen LogP contribution is 2.45. The van der Waals surface area contributed by atoms with E-state index in [1.165, 1.54) is 29.7 Å². The van der Waals surface area contributed by atoms with Crippen LogP contribution in [0, 0.1) is 0 Å². The van der Waals surface area contributed by atoms with E-state index < -0.39 is 11.9 Å². The van der Waals surface area contributed by atoms with Crippen molar-refractivity contribution in [2.45, 2.75) is 18.6 Å². The molecular weight excluding hydrogens is 429 g/mol. The predicted molar refractivity (Wildman–Crippen MR) is 116 cm³/mol. The lowest BCUT2D eigenvalue weighted by molar-refractivity contribution is -0.140. The topological polar surface area (TPSA) is 16.1 Å². The van der Waals surface area contributed by atoms with Gasteiger partial charge in [0.05, 0.1) is 10.9 Å². The van der Waals surface area contributed by atoms with Gasteiger partial charge in [0.2, 0.25) is 0 Å². The van der Waals surface area contributed by atoms with Gasteiger partial charge in [-0.3, -0.25) is 4.98 Å². The van der Waals surface area contributed by atoms with E-state index in [0.717, 1.165) is 21.7 Å². The predicted octanol–water partition coefficient (Wildman–Crippen LogP) is 7.13. The Morgan fingerprint density at radius 3 is 2.63 bits per heavy atom. The molecule has 0 radical (unpaired) electrons. The molecule has 1 aromatic carbocycles. The number of nitrogens with zero attached hydrogens (tertiary/aromatic N) is 2. The number of pyridine rings is 1. The number of benzene rings is 1. The molecule has 0 amide bonds. The molecule has 2 nitrogen and oxygen atoms in total. The van der Waals surface area contributed by atoms with Gasteiger partial charge in [-0.1, -0.05) is 55.1 Å². The molecule has 1 aliphatic heterocycles. The lowest BCUT2D eigenvalue weighted by Gasteiger charge is -2.35. The first-order chi connectivity index (χ1) is 14.3. The number of alkyl halides is 3. The molecule has 0 bridgehead atoms. The minimum absolute atomic E-state index is 0.0724. The molecule has 2 aromatic heterocycles. The van der Waals surface area contributed by atoms with E-state index in [-0.39, 0.29) is 11.5 Å². The lowest BCUT2D eigenvalue weighted by Crippen LogP contribution is -2.32. The van der Waals surface area contributed by atoms with E-state index in [1.807, 2.05) is 18.2 Å². The third-order valence-corrected chi connectivity index (χ3v) is 6.53. The van der Waals surface area contributed by atoms with Gasteiger partial charge in [0.1, 0.15) is 0 Å². The summed E-state index contributed by atoms with van der Waals surface area (Å²) in [5, 5.41) is 0. The molecule has 154 valence electrons. The second-order valence-corrected chi connectivity index (χ2v) is 8.81. The average molecular weight is 447 g/mol. The van der Waals surface area contributed by atoms with Gasteiger partial charge in [0.15, 0.2) is 5.69 Å². The first-order valence-corrected chi connectivity index (χ1v) is 10.4. The summed E-state index contributed by atoms with van der Waals surface area (Å²) in [6, 6.07) is 12.1. The second-order valence-electron chi connectivity index (χ2n) is 7.04. The largest absolute Gasteiger partial charge is 0.433 e. The van der Waals surface area contributed by atoms with Crippen molar-refractivity contribution in [1.29, 1.82) is 0 Å². The molecule has 1 atom stereocenters. The first kappa shape index (κ1) is 20.7. The van der Waals surface area contributed by atoms with Crippen LogP contribution in [0.3, 0.4) is 0 Å². The van der Waals surface area contributed by atoms with Crippen molar-refractivity contribution in [3.8, 4) is 11.1 Å². The van der Waals surface area contributed by atoms with Crippen LogP contribution in [0.25, 0.3) is 11.1 Å². The smallest absolute Gasteiger partial charge is 0.366 e.